The predicted molar refractivity (Wildman–Crippen MR) is 108 cm³/mol. The van der Waals surface area contributed by atoms with Crippen LogP contribution in [0.25, 0.3) is 22.6 Å². The molecule has 1 heterocycles. The summed E-state index contributed by atoms with van der Waals surface area (Å²) in [4.78, 5) is 15.6. The van der Waals surface area contributed by atoms with E-state index in [0.29, 0.717) is 11.5 Å². The predicted octanol–water partition coefficient (Wildman–Crippen LogP) is 4.63. The van der Waals surface area contributed by atoms with Gasteiger partial charge in [0.25, 0.3) is 0 Å². The third kappa shape index (κ3) is 4.08. The van der Waals surface area contributed by atoms with Crippen molar-refractivity contribution in [1.29, 1.82) is 0 Å². The van der Waals surface area contributed by atoms with Gasteiger partial charge in [-0.15, -0.1) is 0 Å². The number of fused-ring (bicyclic) bond motifs is 1. The van der Waals surface area contributed by atoms with Crippen molar-refractivity contribution in [2.45, 2.75) is 33.1 Å². The fraction of sp³-hybridized carbons (Fsp3) is 0.250. The normalized spacial score (nSPS) is 11.4. The minimum Gasteiger partial charge on any atom is -0.436 e. The van der Waals surface area contributed by atoms with Gasteiger partial charge in [0.15, 0.2) is 10.7 Å². The summed E-state index contributed by atoms with van der Waals surface area (Å²) in [6.45, 7) is 7.95. The van der Waals surface area contributed by atoms with E-state index >= 15 is 0 Å². The molecule has 0 unspecified atom stereocenters. The summed E-state index contributed by atoms with van der Waals surface area (Å²) in [5.74, 6) is 0.355. The fourth-order valence-electron chi connectivity index (χ4n) is 2.56. The van der Waals surface area contributed by atoms with E-state index in [2.05, 4.69) is 48.5 Å². The van der Waals surface area contributed by atoms with E-state index < -0.39 is 0 Å². The number of hydrogen-bond donors (Lipinski definition) is 2. The number of anilines is 1. The highest BCUT2D eigenvalue weighted by atomic mass is 32.1. The minimum atomic E-state index is -0.217. The van der Waals surface area contributed by atoms with E-state index in [4.69, 9.17) is 16.6 Å². The first kappa shape index (κ1) is 18.1. The maximum absolute atomic E-state index is 11.0. The molecule has 0 saturated carbocycles. The Morgan fingerprint density at radius 1 is 1.12 bits per heavy atom. The van der Waals surface area contributed by atoms with Gasteiger partial charge in [-0.2, -0.15) is 0 Å². The summed E-state index contributed by atoms with van der Waals surface area (Å²) in [5.41, 5.74) is 4.44. The van der Waals surface area contributed by atoms with Crippen molar-refractivity contribution in [3.8, 4) is 11.5 Å². The number of nitrogens with one attached hydrogen (secondary N) is 2. The Morgan fingerprint density at radius 3 is 2.42 bits per heavy atom. The van der Waals surface area contributed by atoms with Crippen molar-refractivity contribution >= 4 is 40.0 Å². The van der Waals surface area contributed by atoms with Gasteiger partial charge in [-0.1, -0.05) is 32.9 Å². The van der Waals surface area contributed by atoms with Crippen molar-refractivity contribution in [2.24, 2.45) is 0 Å². The van der Waals surface area contributed by atoms with Crippen molar-refractivity contribution in [1.82, 2.24) is 10.3 Å². The smallest absolute Gasteiger partial charge is 0.227 e. The molecule has 0 fully saturated rings. The lowest BCUT2D eigenvalue weighted by atomic mass is 9.87. The average Bonchev–Trinajstić information content (AvgIpc) is 2.96. The zero-order valence-corrected chi connectivity index (χ0v) is 16.0. The fourth-order valence-corrected chi connectivity index (χ4v) is 2.83. The summed E-state index contributed by atoms with van der Waals surface area (Å²) in [5, 5.41) is 5.73. The molecule has 3 aromatic rings. The Kier molecular flexibility index (Phi) is 4.78. The van der Waals surface area contributed by atoms with E-state index in [1.807, 2.05) is 30.3 Å². The second-order valence-corrected chi connectivity index (χ2v) is 7.57. The first-order valence-corrected chi connectivity index (χ1v) is 8.73. The minimum absolute atomic E-state index is 0.104. The summed E-state index contributed by atoms with van der Waals surface area (Å²) in [7, 11) is 0. The molecule has 0 aliphatic rings. The van der Waals surface area contributed by atoms with Gasteiger partial charge in [0.1, 0.15) is 5.52 Å². The Hall–Kier alpha value is -2.73. The molecule has 0 radical (unpaired) electrons. The number of thiocarbonyl (C=S) groups is 1. The Balaban J connectivity index is 1.85. The van der Waals surface area contributed by atoms with Crippen LogP contribution in [-0.4, -0.2) is 16.0 Å². The molecule has 0 aliphatic heterocycles. The van der Waals surface area contributed by atoms with Crippen LogP contribution in [0.1, 0.15) is 33.3 Å². The number of nitrogens with zero attached hydrogens (tertiary/aromatic N) is 1. The molecule has 0 bridgehead atoms. The molecule has 5 nitrogen and oxygen atoms in total. The third-order valence-electron chi connectivity index (χ3n) is 3.93. The molecular weight excluding hydrogens is 346 g/mol. The largest absolute Gasteiger partial charge is 0.436 e. The van der Waals surface area contributed by atoms with Gasteiger partial charge in [0.05, 0.1) is 0 Å². The lowest BCUT2D eigenvalue weighted by Crippen LogP contribution is -2.32. The third-order valence-corrected chi connectivity index (χ3v) is 4.14. The number of carbonyl (C=O) groups excluding carboxylic acids is 1. The summed E-state index contributed by atoms with van der Waals surface area (Å²) < 4.78 is 5.86. The van der Waals surface area contributed by atoms with Gasteiger partial charge in [-0.25, -0.2) is 4.98 Å². The van der Waals surface area contributed by atoms with E-state index in [1.54, 1.807) is 0 Å². The number of oxazole rings is 1. The van der Waals surface area contributed by atoms with E-state index in [0.717, 1.165) is 16.8 Å². The zero-order valence-electron chi connectivity index (χ0n) is 15.2. The molecular formula is C20H21N3O2S. The zero-order chi connectivity index (χ0) is 18.9. The highest BCUT2D eigenvalue weighted by molar-refractivity contribution is 7.80. The number of carbonyl (C=O) groups is 1. The molecule has 2 aromatic carbocycles. The number of benzene rings is 2. The second-order valence-electron chi connectivity index (χ2n) is 7.16. The molecule has 134 valence electrons. The highest BCUT2D eigenvalue weighted by Crippen LogP contribution is 2.29. The summed E-state index contributed by atoms with van der Waals surface area (Å²) in [6.07, 6.45) is 0. The SMILES string of the molecule is CC(=O)NC(=S)Nc1ccc2oc(-c3ccc(C(C)(C)C)cc3)nc2c1. The lowest BCUT2D eigenvalue weighted by Gasteiger charge is -2.18. The highest BCUT2D eigenvalue weighted by Gasteiger charge is 2.15. The number of rotatable bonds is 2. The van der Waals surface area contributed by atoms with E-state index in [-0.39, 0.29) is 16.4 Å². The topological polar surface area (TPSA) is 67.2 Å². The second kappa shape index (κ2) is 6.88. The van der Waals surface area contributed by atoms with Gasteiger partial charge in [-0.3, -0.25) is 4.79 Å². The maximum atomic E-state index is 11.0. The van der Waals surface area contributed by atoms with Crippen molar-refractivity contribution in [2.75, 3.05) is 5.32 Å². The molecule has 6 heteroatoms. The van der Waals surface area contributed by atoms with Gasteiger partial charge in [-0.05, 0) is 53.5 Å². The Labute approximate surface area is 157 Å². The van der Waals surface area contributed by atoms with Crippen molar-refractivity contribution in [3.63, 3.8) is 0 Å². The molecule has 2 N–H and O–H groups in total. The van der Waals surface area contributed by atoms with Gasteiger partial charge < -0.3 is 15.1 Å². The molecule has 3 rings (SSSR count). The quantitative estimate of drug-likeness (QED) is 0.647. The van der Waals surface area contributed by atoms with Crippen LogP contribution in [0, 0.1) is 0 Å². The number of aromatic nitrogens is 1. The van der Waals surface area contributed by atoms with Crippen LogP contribution in [0.3, 0.4) is 0 Å². The van der Waals surface area contributed by atoms with E-state index in [9.17, 15) is 4.79 Å². The molecule has 1 aromatic heterocycles. The molecule has 0 atom stereocenters. The van der Waals surface area contributed by atoms with Crippen LogP contribution in [-0.2, 0) is 10.2 Å². The maximum Gasteiger partial charge on any atom is 0.227 e. The van der Waals surface area contributed by atoms with Crippen molar-refractivity contribution in [3.05, 3.63) is 48.0 Å². The van der Waals surface area contributed by atoms with Crippen molar-refractivity contribution < 1.29 is 9.21 Å². The first-order chi connectivity index (χ1) is 12.2. The number of hydrogen-bond acceptors (Lipinski definition) is 4. The van der Waals surface area contributed by atoms with Crippen LogP contribution in [0.5, 0.6) is 0 Å². The van der Waals surface area contributed by atoms with Crippen LogP contribution in [0.2, 0.25) is 0 Å². The first-order valence-electron chi connectivity index (χ1n) is 8.32. The van der Waals surface area contributed by atoms with E-state index in [1.165, 1.54) is 12.5 Å². The molecule has 26 heavy (non-hydrogen) atoms. The Morgan fingerprint density at radius 2 is 1.81 bits per heavy atom. The molecule has 0 aliphatic carbocycles. The standard InChI is InChI=1S/C20H21N3O2S/c1-12(24)21-19(26)22-15-9-10-17-16(11-15)23-18(25-17)13-5-7-14(8-6-13)20(2,3)4/h5-11H,1-4H3,(H2,21,22,24,26). The monoisotopic (exact) mass is 367 g/mol. The van der Waals surface area contributed by atoms with Gasteiger partial charge in [0, 0.05) is 18.2 Å². The van der Waals surface area contributed by atoms with Crippen LogP contribution in [0.4, 0.5) is 5.69 Å². The molecule has 0 saturated heterocycles. The summed E-state index contributed by atoms with van der Waals surface area (Å²) in [6, 6.07) is 13.7. The summed E-state index contributed by atoms with van der Waals surface area (Å²) >= 11 is 5.07. The average molecular weight is 367 g/mol. The van der Waals surface area contributed by atoms with Crippen LogP contribution < -0.4 is 10.6 Å². The lowest BCUT2D eigenvalue weighted by molar-refractivity contribution is -0.117. The van der Waals surface area contributed by atoms with Crippen LogP contribution in [0.15, 0.2) is 46.9 Å². The molecule has 1 amide bonds. The van der Waals surface area contributed by atoms with Crippen LogP contribution >= 0.6 is 12.2 Å². The molecule has 0 spiro atoms. The van der Waals surface area contributed by atoms with Gasteiger partial charge in [0.2, 0.25) is 11.8 Å². The van der Waals surface area contributed by atoms with Gasteiger partial charge >= 0.3 is 0 Å². The number of amides is 1. The Bertz CT molecular complexity index is 969.